The van der Waals surface area contributed by atoms with E-state index in [4.69, 9.17) is 0 Å². The van der Waals surface area contributed by atoms with Crippen molar-refractivity contribution >= 4 is 16.8 Å². The van der Waals surface area contributed by atoms with Crippen molar-refractivity contribution in [1.29, 1.82) is 0 Å². The van der Waals surface area contributed by atoms with Crippen LogP contribution < -0.4 is 5.56 Å². The molecule has 0 bridgehead atoms. The highest BCUT2D eigenvalue weighted by molar-refractivity contribution is 5.78. The van der Waals surface area contributed by atoms with Crippen molar-refractivity contribution in [1.82, 2.24) is 14.5 Å². The third-order valence-corrected chi connectivity index (χ3v) is 6.34. The predicted molar refractivity (Wildman–Crippen MR) is 121 cm³/mol. The van der Waals surface area contributed by atoms with Crippen LogP contribution in [0.1, 0.15) is 43.2 Å². The van der Waals surface area contributed by atoms with Gasteiger partial charge >= 0.3 is 0 Å². The number of benzene rings is 2. The lowest BCUT2D eigenvalue weighted by atomic mass is 9.90. The molecule has 0 saturated carbocycles. The van der Waals surface area contributed by atoms with Gasteiger partial charge in [-0.1, -0.05) is 43.3 Å². The molecule has 31 heavy (non-hydrogen) atoms. The molecule has 1 aliphatic heterocycles. The number of likely N-dealkylation sites (tertiary alicyclic amines) is 1. The van der Waals surface area contributed by atoms with Gasteiger partial charge in [-0.15, -0.1) is 0 Å². The highest BCUT2D eigenvalue weighted by atomic mass is 16.3. The molecule has 6 heteroatoms. The molecule has 0 radical (unpaired) electrons. The second-order valence-electron chi connectivity index (χ2n) is 8.82. The lowest BCUT2D eigenvalue weighted by molar-refractivity contribution is -0.136. The minimum absolute atomic E-state index is 0.110. The van der Waals surface area contributed by atoms with Crippen molar-refractivity contribution < 1.29 is 9.90 Å². The quantitative estimate of drug-likeness (QED) is 0.689. The SMILES string of the molecule is Cc1ccc2c(=O)n(CC3(O)CCN(C(=O)C[C@H](C)c4ccccc4)CC3)cnc2c1. The standard InChI is InChI=1S/C25H29N3O3/c1-18-8-9-21-22(14-18)26-17-28(24(21)30)16-25(31)10-12-27(13-11-25)23(29)15-19(2)20-6-4-3-5-7-20/h3-9,14,17,19,31H,10-13,15-16H2,1-2H3/t19-/m0/s1. The number of carbonyl (C=O) groups excluding carboxylic acids is 1. The Balaban J connectivity index is 1.39. The topological polar surface area (TPSA) is 75.4 Å². The molecule has 1 fully saturated rings. The fourth-order valence-corrected chi connectivity index (χ4v) is 4.32. The van der Waals surface area contributed by atoms with Gasteiger partial charge in [-0.3, -0.25) is 14.2 Å². The summed E-state index contributed by atoms with van der Waals surface area (Å²) in [4.78, 5) is 31.8. The molecule has 0 spiro atoms. The fraction of sp³-hybridized carbons (Fsp3) is 0.400. The Labute approximate surface area is 182 Å². The van der Waals surface area contributed by atoms with Crippen LogP contribution >= 0.6 is 0 Å². The second kappa shape index (κ2) is 8.63. The molecule has 1 amide bonds. The maximum absolute atomic E-state index is 12.8. The number of aryl methyl sites for hydroxylation is 1. The van der Waals surface area contributed by atoms with Gasteiger partial charge in [0.1, 0.15) is 0 Å². The summed E-state index contributed by atoms with van der Waals surface area (Å²) in [5.41, 5.74) is 1.71. The van der Waals surface area contributed by atoms with Gasteiger partial charge in [-0.25, -0.2) is 4.98 Å². The molecule has 162 valence electrons. The van der Waals surface area contributed by atoms with Crippen molar-refractivity contribution in [3.63, 3.8) is 0 Å². The summed E-state index contributed by atoms with van der Waals surface area (Å²) < 4.78 is 1.49. The van der Waals surface area contributed by atoms with Crippen molar-refractivity contribution in [2.24, 2.45) is 0 Å². The zero-order valence-electron chi connectivity index (χ0n) is 18.1. The van der Waals surface area contributed by atoms with Gasteiger partial charge in [0.25, 0.3) is 5.56 Å². The Morgan fingerprint density at radius 2 is 1.87 bits per heavy atom. The first kappa shape index (κ1) is 21.2. The number of hydrogen-bond acceptors (Lipinski definition) is 4. The number of aliphatic hydroxyl groups is 1. The molecule has 0 aliphatic carbocycles. The molecule has 4 rings (SSSR count). The van der Waals surface area contributed by atoms with E-state index in [-0.39, 0.29) is 23.9 Å². The molecule has 1 aliphatic rings. The molecule has 0 unspecified atom stereocenters. The van der Waals surface area contributed by atoms with Crippen LogP contribution in [0.15, 0.2) is 59.7 Å². The summed E-state index contributed by atoms with van der Waals surface area (Å²) >= 11 is 0. The summed E-state index contributed by atoms with van der Waals surface area (Å²) in [7, 11) is 0. The van der Waals surface area contributed by atoms with Gasteiger partial charge in [-0.2, -0.15) is 0 Å². The summed E-state index contributed by atoms with van der Waals surface area (Å²) in [5, 5.41) is 11.7. The molecule has 1 N–H and O–H groups in total. The molecular weight excluding hydrogens is 390 g/mol. The highest BCUT2D eigenvalue weighted by Gasteiger charge is 2.35. The Morgan fingerprint density at radius 1 is 1.16 bits per heavy atom. The average Bonchev–Trinajstić information content (AvgIpc) is 2.76. The van der Waals surface area contributed by atoms with Gasteiger partial charge in [0, 0.05) is 19.5 Å². The van der Waals surface area contributed by atoms with E-state index in [1.807, 2.05) is 54.3 Å². The van der Waals surface area contributed by atoms with Crippen LogP contribution in [-0.2, 0) is 11.3 Å². The summed E-state index contributed by atoms with van der Waals surface area (Å²) in [6.45, 7) is 5.20. The van der Waals surface area contributed by atoms with E-state index >= 15 is 0 Å². The Morgan fingerprint density at radius 3 is 2.58 bits per heavy atom. The molecule has 1 aromatic heterocycles. The van der Waals surface area contributed by atoms with Crippen LogP contribution in [0.4, 0.5) is 0 Å². The molecule has 1 saturated heterocycles. The van der Waals surface area contributed by atoms with Gasteiger partial charge in [-0.05, 0) is 48.9 Å². The number of rotatable bonds is 5. The Kier molecular flexibility index (Phi) is 5.92. The van der Waals surface area contributed by atoms with Crippen molar-refractivity contribution in [2.75, 3.05) is 13.1 Å². The van der Waals surface area contributed by atoms with E-state index in [2.05, 4.69) is 11.9 Å². The first-order valence-corrected chi connectivity index (χ1v) is 10.9. The van der Waals surface area contributed by atoms with E-state index in [9.17, 15) is 14.7 Å². The number of amides is 1. The van der Waals surface area contributed by atoms with E-state index in [0.29, 0.717) is 43.3 Å². The Bertz CT molecular complexity index is 1130. The van der Waals surface area contributed by atoms with Crippen LogP contribution in [0.5, 0.6) is 0 Å². The third kappa shape index (κ3) is 4.69. The van der Waals surface area contributed by atoms with Crippen LogP contribution in [0.2, 0.25) is 0 Å². The van der Waals surface area contributed by atoms with Crippen LogP contribution in [-0.4, -0.2) is 44.2 Å². The lowest BCUT2D eigenvalue weighted by Crippen LogP contribution is -2.49. The zero-order chi connectivity index (χ0) is 22.0. The van der Waals surface area contributed by atoms with E-state index < -0.39 is 5.60 Å². The normalized spacial score (nSPS) is 16.9. The number of carbonyl (C=O) groups is 1. The van der Waals surface area contributed by atoms with Crippen LogP contribution in [0.3, 0.4) is 0 Å². The zero-order valence-corrected chi connectivity index (χ0v) is 18.1. The van der Waals surface area contributed by atoms with Gasteiger partial charge < -0.3 is 10.0 Å². The smallest absolute Gasteiger partial charge is 0.261 e. The molecule has 3 aromatic rings. The van der Waals surface area contributed by atoms with Crippen LogP contribution in [0.25, 0.3) is 10.9 Å². The number of fused-ring (bicyclic) bond motifs is 1. The molecule has 2 aromatic carbocycles. The summed E-state index contributed by atoms with van der Waals surface area (Å²) in [6, 6.07) is 15.6. The third-order valence-electron chi connectivity index (χ3n) is 6.34. The molecule has 6 nitrogen and oxygen atoms in total. The predicted octanol–water partition coefficient (Wildman–Crippen LogP) is 3.25. The minimum Gasteiger partial charge on any atom is -0.388 e. The van der Waals surface area contributed by atoms with Gasteiger partial charge in [0.15, 0.2) is 0 Å². The average molecular weight is 420 g/mol. The maximum atomic E-state index is 12.8. The number of piperidine rings is 1. The largest absolute Gasteiger partial charge is 0.388 e. The number of aromatic nitrogens is 2. The van der Waals surface area contributed by atoms with Gasteiger partial charge in [0.05, 0.1) is 29.4 Å². The summed E-state index contributed by atoms with van der Waals surface area (Å²) in [5.74, 6) is 0.263. The van der Waals surface area contributed by atoms with Crippen molar-refractivity contribution in [3.8, 4) is 0 Å². The minimum atomic E-state index is -1.02. The monoisotopic (exact) mass is 419 g/mol. The molecular formula is C25H29N3O3. The first-order chi connectivity index (χ1) is 14.8. The number of hydrogen-bond donors (Lipinski definition) is 1. The highest BCUT2D eigenvalue weighted by Crippen LogP contribution is 2.26. The molecule has 1 atom stereocenters. The van der Waals surface area contributed by atoms with Crippen LogP contribution in [0, 0.1) is 6.92 Å². The fourth-order valence-electron chi connectivity index (χ4n) is 4.32. The lowest BCUT2D eigenvalue weighted by Gasteiger charge is -2.38. The summed E-state index contributed by atoms with van der Waals surface area (Å²) in [6.07, 6.45) is 2.85. The molecule has 2 heterocycles. The Hall–Kier alpha value is -2.99. The van der Waals surface area contributed by atoms with E-state index in [1.165, 1.54) is 10.9 Å². The van der Waals surface area contributed by atoms with E-state index in [0.717, 1.165) is 11.1 Å². The van der Waals surface area contributed by atoms with Gasteiger partial charge in [0.2, 0.25) is 5.91 Å². The van der Waals surface area contributed by atoms with Crippen molar-refractivity contribution in [2.45, 2.75) is 51.2 Å². The second-order valence-corrected chi connectivity index (χ2v) is 8.82. The first-order valence-electron chi connectivity index (χ1n) is 10.9. The maximum Gasteiger partial charge on any atom is 0.261 e. The number of nitrogens with zero attached hydrogens (tertiary/aromatic N) is 3. The van der Waals surface area contributed by atoms with Crippen molar-refractivity contribution in [3.05, 3.63) is 76.3 Å². The van der Waals surface area contributed by atoms with E-state index in [1.54, 1.807) is 6.07 Å².